The normalized spacial score (nSPS) is 27.8. The Bertz CT molecular complexity index is 529. The molecule has 0 saturated carbocycles. The third kappa shape index (κ3) is 2.21. The lowest BCUT2D eigenvalue weighted by Crippen LogP contribution is -2.48. The largest absolute Gasteiger partial charge is 0.387 e. The van der Waals surface area contributed by atoms with Crippen molar-refractivity contribution in [1.82, 2.24) is 4.90 Å². The van der Waals surface area contributed by atoms with E-state index in [1.165, 1.54) is 6.07 Å². The van der Waals surface area contributed by atoms with Crippen molar-refractivity contribution in [3.8, 4) is 0 Å². The monoisotopic (exact) mass is 260 g/mol. The molecule has 3 aliphatic rings. The van der Waals surface area contributed by atoms with Gasteiger partial charge >= 0.3 is 0 Å². The summed E-state index contributed by atoms with van der Waals surface area (Å²) in [5, 5.41) is 21.0. The van der Waals surface area contributed by atoms with Crippen LogP contribution in [-0.2, 0) is 0 Å². The lowest BCUT2D eigenvalue weighted by Gasteiger charge is -2.45. The van der Waals surface area contributed by atoms with Crippen molar-refractivity contribution < 1.29 is 10.0 Å². The molecule has 1 unspecified atom stereocenters. The fraction of sp³-hybridized carbons (Fsp3) is 0.429. The number of nitrogens with zero attached hydrogens (tertiary/aromatic N) is 2. The Morgan fingerprint density at radius 2 is 2.11 bits per heavy atom. The van der Waals surface area contributed by atoms with Gasteiger partial charge in [-0.25, -0.2) is 0 Å². The molecule has 2 bridgehead atoms. The van der Waals surface area contributed by atoms with Gasteiger partial charge in [0.2, 0.25) is 0 Å². The summed E-state index contributed by atoms with van der Waals surface area (Å²) in [6.07, 6.45) is 3.52. The maximum atomic E-state index is 10.8. The molecule has 100 valence electrons. The van der Waals surface area contributed by atoms with Gasteiger partial charge in [-0.15, -0.1) is 0 Å². The van der Waals surface area contributed by atoms with E-state index in [2.05, 4.69) is 4.90 Å². The number of rotatable bonds is 2. The first kappa shape index (κ1) is 12.2. The van der Waals surface area contributed by atoms with Gasteiger partial charge < -0.3 is 10.0 Å². The number of piperidine rings is 3. The number of nitro groups is 1. The summed E-state index contributed by atoms with van der Waals surface area (Å²) in [6.45, 7) is 1.95. The molecule has 0 amide bonds. The zero-order chi connectivity index (χ0) is 13.4. The number of aliphatic hydroxyl groups is 1. The lowest BCUT2D eigenvalue weighted by molar-refractivity contribution is -0.384. The predicted molar refractivity (Wildman–Crippen MR) is 71.4 cm³/mol. The van der Waals surface area contributed by atoms with Crippen LogP contribution in [0.15, 0.2) is 30.0 Å². The van der Waals surface area contributed by atoms with Crippen LogP contribution in [0.4, 0.5) is 5.69 Å². The van der Waals surface area contributed by atoms with Crippen molar-refractivity contribution in [2.75, 3.05) is 13.1 Å². The number of hydrogen-bond donors (Lipinski definition) is 1. The minimum Gasteiger partial charge on any atom is -0.387 e. The molecular weight excluding hydrogens is 244 g/mol. The summed E-state index contributed by atoms with van der Waals surface area (Å²) < 4.78 is 0. The van der Waals surface area contributed by atoms with Gasteiger partial charge in [0.15, 0.2) is 0 Å². The third-order valence-electron chi connectivity index (χ3n) is 4.05. The predicted octanol–water partition coefficient (Wildman–Crippen LogP) is 2.02. The van der Waals surface area contributed by atoms with Gasteiger partial charge in [0.25, 0.3) is 5.69 Å². The van der Waals surface area contributed by atoms with E-state index in [4.69, 9.17) is 0 Å². The number of nitro benzene ring substituents is 1. The highest BCUT2D eigenvalue weighted by Crippen LogP contribution is 2.35. The Morgan fingerprint density at radius 1 is 1.37 bits per heavy atom. The van der Waals surface area contributed by atoms with Crippen LogP contribution in [0.25, 0.3) is 6.08 Å². The summed E-state index contributed by atoms with van der Waals surface area (Å²) in [4.78, 5) is 12.5. The van der Waals surface area contributed by atoms with Crippen molar-refractivity contribution in [2.45, 2.75) is 18.9 Å². The number of hydrogen-bond acceptors (Lipinski definition) is 4. The summed E-state index contributed by atoms with van der Waals surface area (Å²) in [5.74, 6) is 0.343. The van der Waals surface area contributed by atoms with E-state index < -0.39 is 11.0 Å². The molecule has 0 aliphatic carbocycles. The Labute approximate surface area is 111 Å². The van der Waals surface area contributed by atoms with Crippen LogP contribution >= 0.6 is 0 Å². The zero-order valence-corrected chi connectivity index (χ0v) is 10.5. The first-order chi connectivity index (χ1) is 9.15. The second-order valence-corrected chi connectivity index (χ2v) is 5.19. The van der Waals surface area contributed by atoms with E-state index in [9.17, 15) is 15.2 Å². The lowest BCUT2D eigenvalue weighted by atomic mass is 9.83. The number of fused-ring (bicyclic) bond motifs is 3. The molecule has 3 aliphatic heterocycles. The van der Waals surface area contributed by atoms with E-state index in [1.807, 2.05) is 12.1 Å². The van der Waals surface area contributed by atoms with E-state index >= 15 is 0 Å². The standard InChI is InChI=1S/C14H16N2O3/c17-14-11-4-6-15(7-5-11)13(14)9-10-2-1-3-12(8-10)16(18)19/h1-3,8-9,11,14,17H,4-7H2/b13-9-. The van der Waals surface area contributed by atoms with Gasteiger partial charge in [-0.2, -0.15) is 0 Å². The van der Waals surface area contributed by atoms with Gasteiger partial charge in [0.05, 0.1) is 11.0 Å². The highest BCUT2D eigenvalue weighted by atomic mass is 16.6. The molecular formula is C14H16N2O3. The van der Waals surface area contributed by atoms with Gasteiger partial charge in [-0.05, 0) is 30.4 Å². The molecule has 3 fully saturated rings. The average molecular weight is 260 g/mol. The van der Waals surface area contributed by atoms with Crippen LogP contribution in [0, 0.1) is 16.0 Å². The van der Waals surface area contributed by atoms with Crippen LogP contribution in [0.5, 0.6) is 0 Å². The molecule has 5 nitrogen and oxygen atoms in total. The zero-order valence-electron chi connectivity index (χ0n) is 10.5. The van der Waals surface area contributed by atoms with Crippen molar-refractivity contribution in [3.63, 3.8) is 0 Å². The molecule has 5 heteroatoms. The smallest absolute Gasteiger partial charge is 0.270 e. The number of aliphatic hydroxyl groups excluding tert-OH is 1. The fourth-order valence-electron chi connectivity index (χ4n) is 2.98. The van der Waals surface area contributed by atoms with Crippen LogP contribution < -0.4 is 0 Å². The number of benzene rings is 1. The Hall–Kier alpha value is -1.88. The van der Waals surface area contributed by atoms with E-state index in [0.717, 1.165) is 37.2 Å². The van der Waals surface area contributed by atoms with E-state index in [1.54, 1.807) is 12.1 Å². The first-order valence-corrected chi connectivity index (χ1v) is 6.54. The van der Waals surface area contributed by atoms with Crippen LogP contribution in [-0.4, -0.2) is 34.1 Å². The molecule has 4 rings (SSSR count). The third-order valence-corrected chi connectivity index (χ3v) is 4.05. The van der Waals surface area contributed by atoms with Crippen LogP contribution in [0.1, 0.15) is 18.4 Å². The molecule has 0 spiro atoms. The van der Waals surface area contributed by atoms with Crippen LogP contribution in [0.3, 0.4) is 0 Å². The SMILES string of the molecule is O=[N+]([O-])c1cccc(/C=C2/C(O)C3CCN2CC3)c1. The molecule has 1 atom stereocenters. The molecule has 1 aromatic rings. The first-order valence-electron chi connectivity index (χ1n) is 6.54. The topological polar surface area (TPSA) is 66.6 Å². The van der Waals surface area contributed by atoms with Gasteiger partial charge in [0.1, 0.15) is 0 Å². The van der Waals surface area contributed by atoms with Gasteiger partial charge in [0, 0.05) is 30.9 Å². The van der Waals surface area contributed by atoms with Crippen molar-refractivity contribution >= 4 is 11.8 Å². The minimum atomic E-state index is -0.429. The summed E-state index contributed by atoms with van der Waals surface area (Å²) in [7, 11) is 0. The highest BCUT2D eigenvalue weighted by molar-refractivity contribution is 5.57. The highest BCUT2D eigenvalue weighted by Gasteiger charge is 2.36. The minimum absolute atomic E-state index is 0.0832. The van der Waals surface area contributed by atoms with Crippen LogP contribution in [0.2, 0.25) is 0 Å². The van der Waals surface area contributed by atoms with E-state index in [0.29, 0.717) is 5.92 Å². The van der Waals surface area contributed by atoms with Crippen molar-refractivity contribution in [1.29, 1.82) is 0 Å². The Kier molecular flexibility index (Phi) is 2.98. The van der Waals surface area contributed by atoms with Crippen molar-refractivity contribution in [3.05, 3.63) is 45.6 Å². The summed E-state index contributed by atoms with van der Waals surface area (Å²) in [5.41, 5.74) is 1.76. The Morgan fingerprint density at radius 3 is 2.74 bits per heavy atom. The molecule has 3 heterocycles. The molecule has 3 saturated heterocycles. The second kappa shape index (κ2) is 4.66. The van der Waals surface area contributed by atoms with Crippen molar-refractivity contribution in [2.24, 2.45) is 5.92 Å². The summed E-state index contributed by atoms with van der Waals surface area (Å²) in [6, 6.07) is 6.53. The second-order valence-electron chi connectivity index (χ2n) is 5.19. The maximum Gasteiger partial charge on any atom is 0.270 e. The Balaban J connectivity index is 1.92. The average Bonchev–Trinajstić information content (AvgIpc) is 2.43. The molecule has 1 aromatic carbocycles. The molecule has 19 heavy (non-hydrogen) atoms. The van der Waals surface area contributed by atoms with E-state index in [-0.39, 0.29) is 5.69 Å². The molecule has 1 N–H and O–H groups in total. The fourth-order valence-corrected chi connectivity index (χ4v) is 2.98. The van der Waals surface area contributed by atoms with Gasteiger partial charge in [-0.1, -0.05) is 12.1 Å². The number of non-ortho nitro benzene ring substituents is 1. The quantitative estimate of drug-likeness (QED) is 0.652. The molecule has 0 aromatic heterocycles. The van der Waals surface area contributed by atoms with Gasteiger partial charge in [-0.3, -0.25) is 10.1 Å². The summed E-state index contributed by atoms with van der Waals surface area (Å²) >= 11 is 0. The maximum absolute atomic E-state index is 10.8. The molecule has 0 radical (unpaired) electrons.